The first-order valence-corrected chi connectivity index (χ1v) is 7.37. The maximum absolute atomic E-state index is 10.7. The minimum Gasteiger partial charge on any atom is -0.481 e. The summed E-state index contributed by atoms with van der Waals surface area (Å²) in [5.74, 6) is -0.0679. The Hall–Kier alpha value is -1.56. The van der Waals surface area contributed by atoms with Gasteiger partial charge in [0.25, 0.3) is 0 Å². The summed E-state index contributed by atoms with van der Waals surface area (Å²) in [7, 11) is 0. The van der Waals surface area contributed by atoms with Crippen molar-refractivity contribution in [3.8, 4) is 0 Å². The second-order valence-electron chi connectivity index (χ2n) is 4.85. The third kappa shape index (κ3) is 2.58. The molecule has 3 rings (SSSR count). The lowest BCUT2D eigenvalue weighted by Gasteiger charge is -2.26. The lowest BCUT2D eigenvalue weighted by Crippen LogP contribution is -2.18. The zero-order chi connectivity index (χ0) is 13.2. The van der Waals surface area contributed by atoms with E-state index in [1.54, 1.807) is 12.4 Å². The lowest BCUT2D eigenvalue weighted by atomic mass is 9.85. The van der Waals surface area contributed by atoms with Gasteiger partial charge in [0, 0.05) is 12.7 Å². The molecule has 0 aromatic carbocycles. The third-order valence-corrected chi connectivity index (χ3v) is 4.47. The van der Waals surface area contributed by atoms with E-state index in [1.165, 1.54) is 31.0 Å². The van der Waals surface area contributed by atoms with Gasteiger partial charge in [0.15, 0.2) is 5.16 Å². The monoisotopic (exact) mass is 277 g/mol. The number of carboxylic acids is 1. The molecule has 0 atom stereocenters. The van der Waals surface area contributed by atoms with Gasteiger partial charge in [-0.3, -0.25) is 9.78 Å². The number of aromatic nitrogens is 3. The highest BCUT2D eigenvalue weighted by atomic mass is 32.2. The average Bonchev–Trinajstić information content (AvgIpc) is 2.69. The summed E-state index contributed by atoms with van der Waals surface area (Å²) in [6, 6.07) is 1.95. The largest absolute Gasteiger partial charge is 0.481 e. The Morgan fingerprint density at radius 2 is 2.37 bits per heavy atom. The summed E-state index contributed by atoms with van der Waals surface area (Å²) in [5, 5.41) is 9.60. The number of hydrogen-bond donors (Lipinski definition) is 1. The molecule has 1 saturated carbocycles. The normalized spacial score (nSPS) is 15.6. The molecule has 0 unspecified atom stereocenters. The topological polar surface area (TPSA) is 68.0 Å². The molecule has 2 aromatic heterocycles. The van der Waals surface area contributed by atoms with Gasteiger partial charge in [-0.05, 0) is 24.8 Å². The van der Waals surface area contributed by atoms with Gasteiger partial charge in [-0.1, -0.05) is 18.2 Å². The SMILES string of the molecule is O=C(O)CSc1nc2cnccc2n1CC1CCC1. The van der Waals surface area contributed by atoms with Crippen LogP contribution in [0.5, 0.6) is 0 Å². The van der Waals surface area contributed by atoms with Crippen LogP contribution in [0.4, 0.5) is 0 Å². The van der Waals surface area contributed by atoms with E-state index in [4.69, 9.17) is 5.11 Å². The van der Waals surface area contributed by atoms with Gasteiger partial charge in [-0.15, -0.1) is 0 Å². The summed E-state index contributed by atoms with van der Waals surface area (Å²) in [5.41, 5.74) is 1.89. The van der Waals surface area contributed by atoms with Crippen molar-refractivity contribution in [2.24, 2.45) is 5.92 Å². The molecule has 19 heavy (non-hydrogen) atoms. The van der Waals surface area contributed by atoms with Crippen LogP contribution in [0.15, 0.2) is 23.6 Å². The Labute approximate surface area is 115 Å². The van der Waals surface area contributed by atoms with Crippen molar-refractivity contribution in [3.63, 3.8) is 0 Å². The van der Waals surface area contributed by atoms with E-state index in [-0.39, 0.29) is 5.75 Å². The van der Waals surface area contributed by atoms with Crippen LogP contribution in [0.2, 0.25) is 0 Å². The number of rotatable bonds is 5. The summed E-state index contributed by atoms with van der Waals surface area (Å²) in [6.07, 6.45) is 7.31. The van der Waals surface area contributed by atoms with Crippen molar-refractivity contribution in [3.05, 3.63) is 18.5 Å². The number of aliphatic carboxylic acids is 1. The van der Waals surface area contributed by atoms with Crippen LogP contribution in [0, 0.1) is 5.92 Å². The molecule has 100 valence electrons. The third-order valence-electron chi connectivity index (χ3n) is 3.51. The first-order valence-electron chi connectivity index (χ1n) is 6.39. The molecular formula is C13H15N3O2S. The molecule has 1 fully saturated rings. The number of hydrogen-bond acceptors (Lipinski definition) is 4. The van der Waals surface area contributed by atoms with Crippen molar-refractivity contribution in [2.45, 2.75) is 31.0 Å². The average molecular weight is 277 g/mol. The molecule has 0 saturated heterocycles. The molecule has 2 heterocycles. The number of thioether (sulfide) groups is 1. The number of carbonyl (C=O) groups is 1. The molecule has 0 radical (unpaired) electrons. The Bertz CT molecular complexity index is 607. The van der Waals surface area contributed by atoms with E-state index >= 15 is 0 Å². The van der Waals surface area contributed by atoms with Crippen LogP contribution in [0.3, 0.4) is 0 Å². The Morgan fingerprint density at radius 3 is 3.05 bits per heavy atom. The van der Waals surface area contributed by atoms with Crippen molar-refractivity contribution in [1.82, 2.24) is 14.5 Å². The van der Waals surface area contributed by atoms with E-state index in [9.17, 15) is 4.79 Å². The minimum absolute atomic E-state index is 0.0431. The molecule has 1 aliphatic carbocycles. The summed E-state index contributed by atoms with van der Waals surface area (Å²) < 4.78 is 2.15. The van der Waals surface area contributed by atoms with E-state index in [2.05, 4.69) is 14.5 Å². The molecule has 0 aliphatic heterocycles. The van der Waals surface area contributed by atoms with E-state index in [0.29, 0.717) is 5.92 Å². The van der Waals surface area contributed by atoms with Gasteiger partial charge in [-0.25, -0.2) is 4.98 Å². The fourth-order valence-electron chi connectivity index (χ4n) is 2.31. The first kappa shape index (κ1) is 12.5. The van der Waals surface area contributed by atoms with Crippen LogP contribution in [-0.4, -0.2) is 31.4 Å². The number of carboxylic acid groups (broad SMARTS) is 1. The molecule has 0 spiro atoms. The molecule has 0 amide bonds. The summed E-state index contributed by atoms with van der Waals surface area (Å²) >= 11 is 1.28. The summed E-state index contributed by atoms with van der Waals surface area (Å²) in [4.78, 5) is 19.3. The fourth-order valence-corrected chi connectivity index (χ4v) is 3.05. The standard InChI is InChI=1S/C13H15N3O2S/c17-12(18)8-19-13-15-10-6-14-5-4-11(10)16(13)7-9-2-1-3-9/h4-6,9H,1-3,7-8H2,(H,17,18). The van der Waals surface area contributed by atoms with Crippen molar-refractivity contribution < 1.29 is 9.90 Å². The molecule has 6 heteroatoms. The Morgan fingerprint density at radius 1 is 1.53 bits per heavy atom. The molecule has 2 aromatic rings. The van der Waals surface area contributed by atoms with Gasteiger partial charge in [0.2, 0.25) is 0 Å². The van der Waals surface area contributed by atoms with Crippen molar-refractivity contribution >= 4 is 28.8 Å². The number of nitrogens with zero attached hydrogens (tertiary/aromatic N) is 3. The van der Waals surface area contributed by atoms with Gasteiger partial charge in [-0.2, -0.15) is 0 Å². The van der Waals surface area contributed by atoms with Gasteiger partial charge < -0.3 is 9.67 Å². The van der Waals surface area contributed by atoms with Gasteiger partial charge in [0.05, 0.1) is 17.5 Å². The predicted molar refractivity (Wildman–Crippen MR) is 73.2 cm³/mol. The van der Waals surface area contributed by atoms with E-state index in [1.807, 2.05) is 6.07 Å². The number of pyridine rings is 1. The molecule has 1 aliphatic rings. The van der Waals surface area contributed by atoms with Crippen molar-refractivity contribution in [1.29, 1.82) is 0 Å². The van der Waals surface area contributed by atoms with Crippen LogP contribution in [-0.2, 0) is 11.3 Å². The van der Waals surface area contributed by atoms with Crippen molar-refractivity contribution in [2.75, 3.05) is 5.75 Å². The zero-order valence-electron chi connectivity index (χ0n) is 10.5. The minimum atomic E-state index is -0.814. The second-order valence-corrected chi connectivity index (χ2v) is 5.79. The van der Waals surface area contributed by atoms with Crippen LogP contribution >= 0.6 is 11.8 Å². The quantitative estimate of drug-likeness (QED) is 0.850. The fraction of sp³-hybridized carbons (Fsp3) is 0.462. The zero-order valence-corrected chi connectivity index (χ0v) is 11.3. The Balaban J connectivity index is 1.93. The number of fused-ring (bicyclic) bond motifs is 1. The van der Waals surface area contributed by atoms with E-state index < -0.39 is 5.97 Å². The smallest absolute Gasteiger partial charge is 0.313 e. The molecular weight excluding hydrogens is 262 g/mol. The highest BCUT2D eigenvalue weighted by Gasteiger charge is 2.21. The second kappa shape index (κ2) is 5.21. The number of imidazole rings is 1. The van der Waals surface area contributed by atoms with Crippen LogP contribution in [0.25, 0.3) is 11.0 Å². The van der Waals surface area contributed by atoms with Gasteiger partial charge >= 0.3 is 5.97 Å². The first-order chi connectivity index (χ1) is 9.24. The highest BCUT2D eigenvalue weighted by molar-refractivity contribution is 7.99. The molecule has 0 bridgehead atoms. The lowest BCUT2D eigenvalue weighted by molar-refractivity contribution is -0.133. The summed E-state index contributed by atoms with van der Waals surface area (Å²) in [6.45, 7) is 0.933. The molecule has 1 N–H and O–H groups in total. The van der Waals surface area contributed by atoms with E-state index in [0.717, 1.165) is 22.7 Å². The van der Waals surface area contributed by atoms with Crippen LogP contribution in [0.1, 0.15) is 19.3 Å². The van der Waals surface area contributed by atoms with Crippen LogP contribution < -0.4 is 0 Å². The maximum atomic E-state index is 10.7. The molecule has 5 nitrogen and oxygen atoms in total. The van der Waals surface area contributed by atoms with Gasteiger partial charge in [0.1, 0.15) is 5.52 Å². The highest BCUT2D eigenvalue weighted by Crippen LogP contribution is 2.31. The Kier molecular flexibility index (Phi) is 3.42. The predicted octanol–water partition coefficient (Wildman–Crippen LogP) is 2.41. The maximum Gasteiger partial charge on any atom is 0.313 e.